The minimum Gasteiger partial charge on any atom is -0.392 e. The van der Waals surface area contributed by atoms with Gasteiger partial charge in [-0.2, -0.15) is 0 Å². The predicted molar refractivity (Wildman–Crippen MR) is 103 cm³/mol. The number of nitrogens with zero attached hydrogens (tertiary/aromatic N) is 4. The van der Waals surface area contributed by atoms with Crippen LogP contribution in [0.5, 0.6) is 0 Å². The second-order valence-corrected chi connectivity index (χ2v) is 9.50. The number of pyridine rings is 1. The number of hydrogen-bond donors (Lipinski definition) is 2. The maximum absolute atomic E-state index is 11.6. The monoisotopic (exact) mass is 391 g/mol. The summed E-state index contributed by atoms with van der Waals surface area (Å²) in [5.41, 5.74) is 1.63. The van der Waals surface area contributed by atoms with Crippen molar-refractivity contribution in [2.24, 2.45) is 0 Å². The summed E-state index contributed by atoms with van der Waals surface area (Å²) in [5.74, 6) is 0.552. The van der Waals surface area contributed by atoms with E-state index in [1.807, 2.05) is 6.07 Å². The molecule has 8 nitrogen and oxygen atoms in total. The van der Waals surface area contributed by atoms with Gasteiger partial charge in [0, 0.05) is 42.8 Å². The van der Waals surface area contributed by atoms with Gasteiger partial charge in [0.05, 0.1) is 23.6 Å². The Hall–Kier alpha value is -1.84. The molecule has 9 heteroatoms. The van der Waals surface area contributed by atoms with Crippen LogP contribution in [0.25, 0.3) is 10.9 Å². The Morgan fingerprint density at radius 3 is 2.63 bits per heavy atom. The molecule has 2 aromatic rings. The third-order valence-corrected chi connectivity index (χ3v) is 6.92. The molecule has 2 aliphatic rings. The Balaban J connectivity index is 1.53. The van der Waals surface area contributed by atoms with Crippen LogP contribution in [-0.4, -0.2) is 64.3 Å². The van der Waals surface area contributed by atoms with E-state index in [4.69, 9.17) is 0 Å². The number of rotatable bonds is 4. The summed E-state index contributed by atoms with van der Waals surface area (Å²) in [6.45, 7) is 1.01. The number of nitrogens with one attached hydrogen (secondary N) is 1. The van der Waals surface area contributed by atoms with Gasteiger partial charge in [0.25, 0.3) is 0 Å². The number of fused-ring (bicyclic) bond motifs is 1. The van der Waals surface area contributed by atoms with Gasteiger partial charge in [-0.15, -0.1) is 0 Å². The molecule has 1 saturated carbocycles. The Morgan fingerprint density at radius 2 is 1.96 bits per heavy atom. The molecule has 0 aromatic carbocycles. The molecule has 0 amide bonds. The summed E-state index contributed by atoms with van der Waals surface area (Å²) in [5, 5.41) is 14.5. The van der Waals surface area contributed by atoms with Crippen LogP contribution >= 0.6 is 0 Å². The van der Waals surface area contributed by atoms with Crippen molar-refractivity contribution in [1.82, 2.24) is 19.3 Å². The molecule has 0 radical (unpaired) electrons. The van der Waals surface area contributed by atoms with Crippen LogP contribution < -0.4 is 5.32 Å². The Morgan fingerprint density at radius 1 is 1.19 bits per heavy atom. The van der Waals surface area contributed by atoms with Crippen LogP contribution in [0.2, 0.25) is 0 Å². The smallest absolute Gasteiger partial charge is 0.223 e. The number of sulfonamides is 1. The highest BCUT2D eigenvalue weighted by Crippen LogP contribution is 2.36. The average molecular weight is 391 g/mol. The molecule has 4 rings (SSSR count). The molecule has 2 N–H and O–H groups in total. The first-order valence-corrected chi connectivity index (χ1v) is 11.3. The lowest BCUT2D eigenvalue weighted by atomic mass is 9.99. The van der Waals surface area contributed by atoms with Crippen LogP contribution in [0, 0.1) is 0 Å². The first-order valence-electron chi connectivity index (χ1n) is 9.43. The van der Waals surface area contributed by atoms with Crippen molar-refractivity contribution in [1.29, 1.82) is 0 Å². The zero-order valence-electron chi connectivity index (χ0n) is 15.4. The topological polar surface area (TPSA) is 108 Å². The van der Waals surface area contributed by atoms with E-state index in [1.165, 1.54) is 10.6 Å². The molecule has 1 aliphatic heterocycles. The summed E-state index contributed by atoms with van der Waals surface area (Å²) < 4.78 is 24.8. The van der Waals surface area contributed by atoms with E-state index in [0.717, 1.165) is 48.7 Å². The molecule has 2 aromatic heterocycles. The van der Waals surface area contributed by atoms with Gasteiger partial charge in [-0.25, -0.2) is 22.7 Å². The van der Waals surface area contributed by atoms with E-state index in [-0.39, 0.29) is 18.1 Å². The van der Waals surface area contributed by atoms with Gasteiger partial charge < -0.3 is 10.4 Å². The molecule has 0 spiro atoms. The van der Waals surface area contributed by atoms with Crippen molar-refractivity contribution < 1.29 is 13.5 Å². The SMILES string of the molecule is CS(=O)(=O)N1CCC(Nc2ncc3ccnc([C@@H]4CCC[C@H]4O)c3n2)CC1. The van der Waals surface area contributed by atoms with Crippen molar-refractivity contribution in [2.45, 2.75) is 50.2 Å². The molecule has 2 atom stereocenters. The Labute approximate surface area is 159 Å². The average Bonchev–Trinajstić information content (AvgIpc) is 3.07. The van der Waals surface area contributed by atoms with Crippen LogP contribution in [0.4, 0.5) is 5.95 Å². The van der Waals surface area contributed by atoms with Gasteiger partial charge in [0.15, 0.2) is 0 Å². The van der Waals surface area contributed by atoms with Crippen molar-refractivity contribution >= 4 is 26.9 Å². The molecule has 0 bridgehead atoms. The molecule has 0 unspecified atom stereocenters. The summed E-state index contributed by atoms with van der Waals surface area (Å²) >= 11 is 0. The zero-order valence-corrected chi connectivity index (χ0v) is 16.2. The number of aromatic nitrogens is 3. The molecular weight excluding hydrogens is 366 g/mol. The fourth-order valence-corrected chi connectivity index (χ4v) is 4.97. The number of anilines is 1. The highest BCUT2D eigenvalue weighted by Gasteiger charge is 2.30. The first kappa shape index (κ1) is 18.5. The van der Waals surface area contributed by atoms with E-state index in [9.17, 15) is 13.5 Å². The second kappa shape index (κ2) is 7.29. The summed E-state index contributed by atoms with van der Waals surface area (Å²) in [7, 11) is -3.13. The van der Waals surface area contributed by atoms with Crippen molar-refractivity contribution in [3.8, 4) is 0 Å². The number of hydrogen-bond acceptors (Lipinski definition) is 7. The van der Waals surface area contributed by atoms with Crippen molar-refractivity contribution in [3.05, 3.63) is 24.2 Å². The van der Waals surface area contributed by atoms with E-state index < -0.39 is 10.0 Å². The summed E-state index contributed by atoms with van der Waals surface area (Å²) in [6.07, 6.45) is 8.57. The fraction of sp³-hybridized carbons (Fsp3) is 0.611. The van der Waals surface area contributed by atoms with Gasteiger partial charge >= 0.3 is 0 Å². The van der Waals surface area contributed by atoms with Gasteiger partial charge in [0.2, 0.25) is 16.0 Å². The van der Waals surface area contributed by atoms with Gasteiger partial charge in [-0.05, 0) is 31.7 Å². The summed E-state index contributed by atoms with van der Waals surface area (Å²) in [6, 6.07) is 2.02. The lowest BCUT2D eigenvalue weighted by Gasteiger charge is -2.30. The van der Waals surface area contributed by atoms with Gasteiger partial charge in [-0.1, -0.05) is 6.42 Å². The third-order valence-electron chi connectivity index (χ3n) is 5.61. The molecule has 27 heavy (non-hydrogen) atoms. The molecule has 2 fully saturated rings. The quantitative estimate of drug-likeness (QED) is 0.813. The van der Waals surface area contributed by atoms with E-state index in [2.05, 4.69) is 20.3 Å². The number of aliphatic hydroxyl groups is 1. The van der Waals surface area contributed by atoms with Crippen molar-refractivity contribution in [3.63, 3.8) is 0 Å². The number of piperidine rings is 1. The molecule has 146 valence electrons. The van der Waals surface area contributed by atoms with Crippen LogP contribution in [0.3, 0.4) is 0 Å². The minimum absolute atomic E-state index is 0.0226. The van der Waals surface area contributed by atoms with Crippen molar-refractivity contribution in [2.75, 3.05) is 24.7 Å². The second-order valence-electron chi connectivity index (χ2n) is 7.51. The van der Waals surface area contributed by atoms with Gasteiger partial charge in [0.1, 0.15) is 0 Å². The minimum atomic E-state index is -3.13. The van der Waals surface area contributed by atoms with Gasteiger partial charge in [-0.3, -0.25) is 4.98 Å². The van der Waals surface area contributed by atoms with Crippen LogP contribution in [0.1, 0.15) is 43.7 Å². The standard InChI is InChI=1S/C18H25N5O3S/c1-27(25,26)23-9-6-13(7-10-23)21-18-20-11-12-5-8-19-17(16(12)22-18)14-3-2-4-15(14)24/h5,8,11,13-15,24H,2-4,6-7,9-10H2,1H3,(H,20,21,22)/t14-,15-/m1/s1. The maximum atomic E-state index is 11.6. The normalized spacial score (nSPS) is 25.1. The summed E-state index contributed by atoms with van der Waals surface area (Å²) in [4.78, 5) is 13.6. The third kappa shape index (κ3) is 3.90. The fourth-order valence-electron chi connectivity index (χ4n) is 4.09. The highest BCUT2D eigenvalue weighted by molar-refractivity contribution is 7.88. The van der Waals surface area contributed by atoms with E-state index >= 15 is 0 Å². The van der Waals surface area contributed by atoms with Crippen LogP contribution in [0.15, 0.2) is 18.5 Å². The predicted octanol–water partition coefficient (Wildman–Crippen LogP) is 1.49. The Bertz CT molecular complexity index is 928. The van der Waals surface area contributed by atoms with Crippen LogP contribution in [-0.2, 0) is 10.0 Å². The van der Waals surface area contributed by atoms with E-state index in [0.29, 0.717) is 19.0 Å². The molecular formula is C18H25N5O3S. The maximum Gasteiger partial charge on any atom is 0.223 e. The van der Waals surface area contributed by atoms with E-state index in [1.54, 1.807) is 12.4 Å². The Kier molecular flexibility index (Phi) is 5.00. The first-order chi connectivity index (χ1) is 12.9. The lowest BCUT2D eigenvalue weighted by Crippen LogP contribution is -2.42. The molecule has 3 heterocycles. The lowest BCUT2D eigenvalue weighted by molar-refractivity contribution is 0.163. The highest BCUT2D eigenvalue weighted by atomic mass is 32.2. The molecule has 1 saturated heterocycles. The largest absolute Gasteiger partial charge is 0.392 e. The molecule has 1 aliphatic carbocycles. The zero-order chi connectivity index (χ0) is 19.0. The number of aliphatic hydroxyl groups excluding tert-OH is 1.